The summed E-state index contributed by atoms with van der Waals surface area (Å²) < 4.78 is 102. The normalized spacial score (nSPS) is 14.9. The van der Waals surface area contributed by atoms with Crippen LogP contribution in [-0.2, 0) is 9.47 Å². The van der Waals surface area contributed by atoms with Gasteiger partial charge in [-0.2, -0.15) is 17.6 Å². The van der Waals surface area contributed by atoms with Crippen LogP contribution in [0.3, 0.4) is 0 Å². The van der Waals surface area contributed by atoms with Gasteiger partial charge in [-0.3, -0.25) is 0 Å². The standard InChI is InChI=1S/2C6H10F4O/c1-5(2,3)11-6(9,10)4(7)8;1-3-4(2)11-6(9,10)5(7)8/h4H,1-3H3;4-5H,3H2,1-2H3. The van der Waals surface area contributed by atoms with Crippen LogP contribution in [0.25, 0.3) is 0 Å². The van der Waals surface area contributed by atoms with Gasteiger partial charge in [0.1, 0.15) is 0 Å². The van der Waals surface area contributed by atoms with Crippen molar-refractivity contribution in [3.63, 3.8) is 0 Å². The molecule has 0 aromatic rings. The van der Waals surface area contributed by atoms with Crippen LogP contribution in [-0.4, -0.2) is 36.8 Å². The van der Waals surface area contributed by atoms with E-state index in [-0.39, 0.29) is 6.42 Å². The van der Waals surface area contributed by atoms with Crippen LogP contribution in [0, 0.1) is 0 Å². The molecule has 0 fully saturated rings. The zero-order chi connectivity index (χ0) is 18.4. The second kappa shape index (κ2) is 8.85. The van der Waals surface area contributed by atoms with Crippen molar-refractivity contribution < 1.29 is 44.6 Å². The largest absolute Gasteiger partial charge is 0.416 e. The fourth-order valence-electron chi connectivity index (χ4n) is 0.856. The smallest absolute Gasteiger partial charge is 0.313 e. The highest BCUT2D eigenvalue weighted by atomic mass is 19.3. The molecule has 0 amide bonds. The molecule has 0 aliphatic carbocycles. The van der Waals surface area contributed by atoms with E-state index in [0.29, 0.717) is 0 Å². The lowest BCUT2D eigenvalue weighted by Gasteiger charge is -2.25. The van der Waals surface area contributed by atoms with Gasteiger partial charge in [-0.25, -0.2) is 17.6 Å². The van der Waals surface area contributed by atoms with Crippen LogP contribution in [0.2, 0.25) is 0 Å². The fourth-order valence-corrected chi connectivity index (χ4v) is 0.856. The molecular weight excluding hydrogens is 328 g/mol. The number of hydrogen-bond acceptors (Lipinski definition) is 2. The third-order valence-electron chi connectivity index (χ3n) is 1.88. The Hall–Kier alpha value is -0.640. The molecule has 0 aromatic heterocycles. The fraction of sp³-hybridized carbons (Fsp3) is 1.00. The first-order valence-corrected chi connectivity index (χ1v) is 6.25. The minimum atomic E-state index is -4.35. The van der Waals surface area contributed by atoms with E-state index in [1.54, 1.807) is 6.92 Å². The molecule has 0 spiro atoms. The quantitative estimate of drug-likeness (QED) is 0.605. The average molecular weight is 348 g/mol. The van der Waals surface area contributed by atoms with Crippen LogP contribution < -0.4 is 0 Å². The van der Waals surface area contributed by atoms with Crippen molar-refractivity contribution in [1.82, 2.24) is 0 Å². The first-order valence-electron chi connectivity index (χ1n) is 6.25. The van der Waals surface area contributed by atoms with Crippen molar-refractivity contribution >= 4 is 0 Å². The first-order chi connectivity index (χ1) is 9.55. The summed E-state index contributed by atoms with van der Waals surface area (Å²) in [5, 5.41) is 0. The van der Waals surface area contributed by atoms with Gasteiger partial charge >= 0.3 is 25.1 Å². The molecule has 2 nitrogen and oxygen atoms in total. The summed E-state index contributed by atoms with van der Waals surface area (Å²) in [6.45, 7) is 6.73. The average Bonchev–Trinajstić information content (AvgIpc) is 2.25. The van der Waals surface area contributed by atoms with Gasteiger partial charge in [0, 0.05) is 0 Å². The zero-order valence-corrected chi connectivity index (χ0v) is 12.8. The third-order valence-corrected chi connectivity index (χ3v) is 1.88. The maximum Gasteiger partial charge on any atom is 0.416 e. The number of rotatable bonds is 6. The minimum Gasteiger partial charge on any atom is -0.313 e. The number of alkyl halides is 8. The van der Waals surface area contributed by atoms with Gasteiger partial charge in [-0.1, -0.05) is 6.92 Å². The summed E-state index contributed by atoms with van der Waals surface area (Å²) in [6, 6.07) is 0. The molecule has 0 saturated heterocycles. The molecule has 0 radical (unpaired) electrons. The van der Waals surface area contributed by atoms with Gasteiger partial charge in [0.15, 0.2) is 0 Å². The lowest BCUT2D eigenvalue weighted by Crippen LogP contribution is -2.38. The van der Waals surface area contributed by atoms with Crippen LogP contribution >= 0.6 is 0 Å². The lowest BCUT2D eigenvalue weighted by atomic mass is 10.2. The Bertz CT molecular complexity index is 302. The van der Waals surface area contributed by atoms with Gasteiger partial charge in [0.05, 0.1) is 11.7 Å². The molecule has 0 aliphatic heterocycles. The maximum atomic E-state index is 12.1. The summed E-state index contributed by atoms with van der Waals surface area (Å²) in [5.74, 6) is 0. The Morgan fingerprint density at radius 3 is 1.36 bits per heavy atom. The molecule has 0 saturated carbocycles. The summed E-state index contributed by atoms with van der Waals surface area (Å²) in [6.07, 6.45) is -16.8. The van der Waals surface area contributed by atoms with Crippen molar-refractivity contribution in [2.75, 3.05) is 0 Å². The summed E-state index contributed by atoms with van der Waals surface area (Å²) >= 11 is 0. The Balaban J connectivity index is 0. The van der Waals surface area contributed by atoms with Crippen LogP contribution in [0.15, 0.2) is 0 Å². The Labute approximate surface area is 123 Å². The minimum absolute atomic E-state index is 0.280. The van der Waals surface area contributed by atoms with Crippen molar-refractivity contribution in [3.05, 3.63) is 0 Å². The van der Waals surface area contributed by atoms with Gasteiger partial charge in [0.25, 0.3) is 0 Å². The second-order valence-electron chi connectivity index (χ2n) is 5.28. The predicted octanol–water partition coefficient (Wildman–Crippen LogP) is 5.32. The SMILES string of the molecule is CC(C)(C)OC(F)(F)C(F)F.CCC(C)OC(F)(F)C(F)F. The maximum absolute atomic E-state index is 12.1. The molecule has 0 aromatic carbocycles. The van der Waals surface area contributed by atoms with Crippen molar-refractivity contribution in [3.8, 4) is 0 Å². The molecule has 0 rings (SSSR count). The highest BCUT2D eigenvalue weighted by Gasteiger charge is 2.45. The van der Waals surface area contributed by atoms with E-state index in [2.05, 4.69) is 9.47 Å². The Morgan fingerprint density at radius 2 is 1.18 bits per heavy atom. The third kappa shape index (κ3) is 11.0. The molecule has 0 bridgehead atoms. The molecule has 22 heavy (non-hydrogen) atoms. The molecular formula is C12H20F8O2. The summed E-state index contributed by atoms with van der Waals surface area (Å²) in [4.78, 5) is 0. The molecule has 0 aliphatic rings. The Morgan fingerprint density at radius 1 is 0.818 bits per heavy atom. The van der Waals surface area contributed by atoms with Gasteiger partial charge in [-0.15, -0.1) is 0 Å². The van der Waals surface area contributed by atoms with E-state index < -0.39 is 36.8 Å². The van der Waals surface area contributed by atoms with E-state index in [1.165, 1.54) is 27.7 Å². The zero-order valence-electron chi connectivity index (χ0n) is 12.8. The molecule has 1 unspecified atom stereocenters. The molecule has 0 heterocycles. The highest BCUT2D eigenvalue weighted by Crippen LogP contribution is 2.29. The molecule has 136 valence electrons. The Kier molecular flexibility index (Phi) is 9.51. The summed E-state index contributed by atoms with van der Waals surface area (Å²) in [5.41, 5.74) is -1.26. The topological polar surface area (TPSA) is 18.5 Å². The highest BCUT2D eigenvalue weighted by molar-refractivity contribution is 4.65. The van der Waals surface area contributed by atoms with E-state index in [4.69, 9.17) is 0 Å². The molecule has 10 heteroatoms. The number of halogens is 8. The summed E-state index contributed by atoms with van der Waals surface area (Å²) in [7, 11) is 0. The number of ether oxygens (including phenoxy) is 2. The van der Waals surface area contributed by atoms with E-state index in [9.17, 15) is 35.1 Å². The first kappa shape index (κ1) is 23.6. The van der Waals surface area contributed by atoms with E-state index >= 15 is 0 Å². The van der Waals surface area contributed by atoms with Gasteiger partial charge in [0.2, 0.25) is 0 Å². The lowest BCUT2D eigenvalue weighted by molar-refractivity contribution is -0.333. The van der Waals surface area contributed by atoms with Crippen LogP contribution in [0.1, 0.15) is 41.0 Å². The monoisotopic (exact) mass is 348 g/mol. The molecule has 1 atom stereocenters. The van der Waals surface area contributed by atoms with Crippen molar-refractivity contribution in [1.29, 1.82) is 0 Å². The van der Waals surface area contributed by atoms with E-state index in [1.807, 2.05) is 0 Å². The second-order valence-corrected chi connectivity index (χ2v) is 5.28. The number of hydrogen-bond donors (Lipinski definition) is 0. The van der Waals surface area contributed by atoms with Crippen LogP contribution in [0.5, 0.6) is 0 Å². The van der Waals surface area contributed by atoms with Crippen LogP contribution in [0.4, 0.5) is 35.1 Å². The van der Waals surface area contributed by atoms with Crippen molar-refractivity contribution in [2.45, 2.75) is 77.8 Å². The predicted molar refractivity (Wildman–Crippen MR) is 63.6 cm³/mol. The van der Waals surface area contributed by atoms with Gasteiger partial charge in [-0.05, 0) is 34.1 Å². The van der Waals surface area contributed by atoms with E-state index in [0.717, 1.165) is 0 Å². The van der Waals surface area contributed by atoms with Crippen molar-refractivity contribution in [2.24, 2.45) is 0 Å². The van der Waals surface area contributed by atoms with Gasteiger partial charge < -0.3 is 9.47 Å². The molecule has 0 N–H and O–H groups in total.